The summed E-state index contributed by atoms with van der Waals surface area (Å²) in [6.07, 6.45) is 3.84. The number of nitrogens with one attached hydrogen (secondary N) is 3. The van der Waals surface area contributed by atoms with Crippen LogP contribution in [0.5, 0.6) is 0 Å². The molecule has 184 valence electrons. The quantitative estimate of drug-likeness (QED) is 0.344. The van der Waals surface area contributed by atoms with Gasteiger partial charge < -0.3 is 31.4 Å². The molecule has 2 aromatic rings. The molecule has 3 rings (SSSR count). The maximum absolute atomic E-state index is 13.4. The molecule has 1 fully saturated rings. The van der Waals surface area contributed by atoms with Crippen molar-refractivity contribution in [1.82, 2.24) is 20.5 Å². The van der Waals surface area contributed by atoms with Crippen LogP contribution < -0.4 is 16.4 Å². The van der Waals surface area contributed by atoms with Crippen LogP contribution in [-0.2, 0) is 25.6 Å². The van der Waals surface area contributed by atoms with E-state index in [0.29, 0.717) is 32.2 Å². The molecule has 0 spiro atoms. The van der Waals surface area contributed by atoms with Crippen molar-refractivity contribution in [3.63, 3.8) is 0 Å². The van der Waals surface area contributed by atoms with Gasteiger partial charge in [-0.3, -0.25) is 19.2 Å². The molecule has 10 nitrogen and oxygen atoms in total. The highest BCUT2D eigenvalue weighted by atomic mass is 16.4. The van der Waals surface area contributed by atoms with Gasteiger partial charge in [-0.2, -0.15) is 0 Å². The molecule has 34 heavy (non-hydrogen) atoms. The van der Waals surface area contributed by atoms with Gasteiger partial charge in [-0.05, 0) is 36.8 Å². The van der Waals surface area contributed by atoms with Crippen LogP contribution in [0.25, 0.3) is 10.9 Å². The van der Waals surface area contributed by atoms with E-state index >= 15 is 0 Å². The summed E-state index contributed by atoms with van der Waals surface area (Å²) in [7, 11) is 0. The number of hydrogen-bond donors (Lipinski definition) is 5. The Balaban J connectivity index is 1.69. The minimum absolute atomic E-state index is 0.180. The lowest BCUT2D eigenvalue weighted by Crippen LogP contribution is -2.58. The first kappa shape index (κ1) is 25.2. The third-order valence-electron chi connectivity index (χ3n) is 6.48. The summed E-state index contributed by atoms with van der Waals surface area (Å²) in [5.41, 5.74) is 8.09. The van der Waals surface area contributed by atoms with Crippen LogP contribution in [-0.4, -0.2) is 69.9 Å². The molecule has 2 heterocycles. The van der Waals surface area contributed by atoms with Crippen LogP contribution in [0.3, 0.4) is 0 Å². The number of carbonyl (C=O) groups excluding carboxylic acids is 3. The largest absolute Gasteiger partial charge is 0.480 e. The lowest BCUT2D eigenvalue weighted by molar-refractivity contribution is -0.143. The molecular formula is C24H33N5O5. The zero-order valence-corrected chi connectivity index (χ0v) is 19.5. The molecule has 0 bridgehead atoms. The van der Waals surface area contributed by atoms with Crippen molar-refractivity contribution in [2.75, 3.05) is 13.1 Å². The Morgan fingerprint density at radius 3 is 2.71 bits per heavy atom. The number of para-hydroxylation sites is 1. The third-order valence-corrected chi connectivity index (χ3v) is 6.48. The summed E-state index contributed by atoms with van der Waals surface area (Å²) in [5, 5.41) is 15.0. The first-order valence-electron chi connectivity index (χ1n) is 11.6. The van der Waals surface area contributed by atoms with Crippen molar-refractivity contribution in [2.24, 2.45) is 11.7 Å². The fraction of sp³-hybridized carbons (Fsp3) is 0.500. The summed E-state index contributed by atoms with van der Waals surface area (Å²) in [5.74, 6) is -2.62. The zero-order valence-electron chi connectivity index (χ0n) is 19.5. The second kappa shape index (κ2) is 11.1. The number of aliphatic carboxylic acids is 1. The number of carboxylic acids is 1. The number of H-pyrrole nitrogens is 1. The second-order valence-corrected chi connectivity index (χ2v) is 8.84. The van der Waals surface area contributed by atoms with Gasteiger partial charge in [0.2, 0.25) is 17.7 Å². The summed E-state index contributed by atoms with van der Waals surface area (Å²) in [6, 6.07) is 5.30. The van der Waals surface area contributed by atoms with Gasteiger partial charge in [-0.1, -0.05) is 38.5 Å². The number of aromatic amines is 1. The molecule has 1 aliphatic heterocycles. The number of carbonyl (C=O) groups is 4. The van der Waals surface area contributed by atoms with Gasteiger partial charge in [-0.15, -0.1) is 0 Å². The molecule has 1 aromatic heterocycles. The van der Waals surface area contributed by atoms with E-state index in [1.807, 2.05) is 44.3 Å². The third kappa shape index (κ3) is 5.74. The van der Waals surface area contributed by atoms with Crippen LogP contribution in [0, 0.1) is 5.92 Å². The number of nitrogens with zero attached hydrogens (tertiary/aromatic N) is 1. The van der Waals surface area contributed by atoms with Gasteiger partial charge in [0, 0.05) is 23.6 Å². The van der Waals surface area contributed by atoms with Crippen molar-refractivity contribution < 1.29 is 24.3 Å². The minimum atomic E-state index is -1.15. The molecule has 1 aromatic carbocycles. The van der Waals surface area contributed by atoms with Gasteiger partial charge in [0.25, 0.3) is 0 Å². The fourth-order valence-corrected chi connectivity index (χ4v) is 4.34. The zero-order chi connectivity index (χ0) is 24.8. The lowest BCUT2D eigenvalue weighted by Gasteiger charge is -2.31. The Bertz CT molecular complexity index is 1050. The smallest absolute Gasteiger partial charge is 0.322 e. The number of benzene rings is 1. The SMILES string of the molecule is CCC(C)C(NC(=O)C(N)Cc1c[nH]c2ccccc12)C(=O)N1CCCC1C(=O)NCC(=O)O. The van der Waals surface area contributed by atoms with Crippen LogP contribution in [0.4, 0.5) is 0 Å². The second-order valence-electron chi connectivity index (χ2n) is 8.84. The molecule has 0 aliphatic carbocycles. The average molecular weight is 472 g/mol. The van der Waals surface area contributed by atoms with Crippen molar-refractivity contribution in [1.29, 1.82) is 0 Å². The molecule has 1 aliphatic rings. The maximum Gasteiger partial charge on any atom is 0.322 e. The highest BCUT2D eigenvalue weighted by Crippen LogP contribution is 2.22. The standard InChI is InChI=1S/C24H33N5O5/c1-3-14(2)21(24(34)29-10-6-9-19(29)23(33)27-13-20(30)31)28-22(32)17(25)11-15-12-26-18-8-5-4-7-16(15)18/h4-5,7-8,12,14,17,19,21,26H,3,6,9-11,13,25H2,1-2H3,(H,27,33)(H,28,32)(H,30,31). The average Bonchev–Trinajstić information content (AvgIpc) is 3.47. The summed E-state index contributed by atoms with van der Waals surface area (Å²) in [4.78, 5) is 54.3. The summed E-state index contributed by atoms with van der Waals surface area (Å²) >= 11 is 0. The number of hydrogen-bond acceptors (Lipinski definition) is 5. The number of aromatic nitrogens is 1. The number of nitrogens with two attached hydrogens (primary N) is 1. The van der Waals surface area contributed by atoms with Crippen molar-refractivity contribution in [2.45, 2.75) is 57.7 Å². The Kier molecular flexibility index (Phi) is 8.27. The monoisotopic (exact) mass is 471 g/mol. The Labute approximate surface area is 198 Å². The van der Waals surface area contributed by atoms with Gasteiger partial charge in [-0.25, -0.2) is 0 Å². The number of carboxylic acid groups (broad SMARTS) is 1. The molecule has 0 radical (unpaired) electrons. The predicted octanol–water partition coefficient (Wildman–Crippen LogP) is 0.760. The van der Waals surface area contributed by atoms with E-state index in [0.717, 1.165) is 16.5 Å². The number of likely N-dealkylation sites (tertiary alicyclic amines) is 1. The summed E-state index contributed by atoms with van der Waals surface area (Å²) < 4.78 is 0. The van der Waals surface area contributed by atoms with Crippen LogP contribution in [0.2, 0.25) is 0 Å². The minimum Gasteiger partial charge on any atom is -0.480 e. The van der Waals surface area contributed by atoms with Crippen molar-refractivity contribution in [3.8, 4) is 0 Å². The Hall–Kier alpha value is -3.40. The molecule has 1 saturated heterocycles. The van der Waals surface area contributed by atoms with Gasteiger partial charge >= 0.3 is 5.97 Å². The molecule has 10 heteroatoms. The number of fused-ring (bicyclic) bond motifs is 1. The van der Waals surface area contributed by atoms with E-state index in [9.17, 15) is 19.2 Å². The van der Waals surface area contributed by atoms with E-state index in [1.165, 1.54) is 4.90 Å². The van der Waals surface area contributed by atoms with E-state index in [-0.39, 0.29) is 11.8 Å². The molecule has 4 atom stereocenters. The molecule has 3 amide bonds. The number of rotatable bonds is 10. The summed E-state index contributed by atoms with van der Waals surface area (Å²) in [6.45, 7) is 3.65. The first-order valence-corrected chi connectivity index (χ1v) is 11.6. The lowest BCUT2D eigenvalue weighted by atomic mass is 9.96. The first-order chi connectivity index (χ1) is 16.2. The van der Waals surface area contributed by atoms with E-state index < -0.39 is 42.5 Å². The normalized spacial score (nSPS) is 18.3. The van der Waals surface area contributed by atoms with Gasteiger partial charge in [0.05, 0.1) is 6.04 Å². The Morgan fingerprint density at radius 1 is 1.26 bits per heavy atom. The van der Waals surface area contributed by atoms with E-state index in [4.69, 9.17) is 10.8 Å². The molecule has 6 N–H and O–H groups in total. The highest BCUT2D eigenvalue weighted by molar-refractivity contribution is 5.94. The molecule has 4 unspecified atom stereocenters. The van der Waals surface area contributed by atoms with Crippen LogP contribution in [0.15, 0.2) is 30.5 Å². The van der Waals surface area contributed by atoms with E-state index in [2.05, 4.69) is 15.6 Å². The van der Waals surface area contributed by atoms with Crippen LogP contribution in [0.1, 0.15) is 38.7 Å². The van der Waals surface area contributed by atoms with Gasteiger partial charge in [0.1, 0.15) is 18.6 Å². The van der Waals surface area contributed by atoms with Crippen LogP contribution >= 0.6 is 0 Å². The fourth-order valence-electron chi connectivity index (χ4n) is 4.34. The highest BCUT2D eigenvalue weighted by Gasteiger charge is 2.39. The molecule has 0 saturated carbocycles. The Morgan fingerprint density at radius 2 is 2.00 bits per heavy atom. The number of amides is 3. The van der Waals surface area contributed by atoms with Crippen molar-refractivity contribution in [3.05, 3.63) is 36.0 Å². The predicted molar refractivity (Wildman–Crippen MR) is 127 cm³/mol. The molecular weight excluding hydrogens is 438 g/mol. The maximum atomic E-state index is 13.4. The van der Waals surface area contributed by atoms with E-state index in [1.54, 1.807) is 0 Å². The van der Waals surface area contributed by atoms with Gasteiger partial charge in [0.15, 0.2) is 0 Å². The topological polar surface area (TPSA) is 158 Å². The van der Waals surface area contributed by atoms with Crippen molar-refractivity contribution >= 4 is 34.6 Å².